The first-order valence-corrected chi connectivity index (χ1v) is 12.8. The zero-order valence-electron chi connectivity index (χ0n) is 18.9. The van der Waals surface area contributed by atoms with Crippen molar-refractivity contribution in [2.45, 2.75) is 38.0 Å². The fourth-order valence-electron chi connectivity index (χ4n) is 3.63. The van der Waals surface area contributed by atoms with Gasteiger partial charge in [0.25, 0.3) is 5.91 Å². The molecule has 180 valence electrons. The van der Waals surface area contributed by atoms with Crippen LogP contribution in [0.4, 0.5) is 5.00 Å². The average Bonchev–Trinajstić information content (AvgIpc) is 3.32. The van der Waals surface area contributed by atoms with E-state index in [1.165, 1.54) is 42.3 Å². The molecule has 3 rings (SSSR count). The second kappa shape index (κ2) is 10.1. The molecule has 0 aliphatic heterocycles. The Morgan fingerprint density at radius 3 is 2.64 bits per heavy atom. The van der Waals surface area contributed by atoms with Gasteiger partial charge < -0.3 is 19.4 Å². The van der Waals surface area contributed by atoms with E-state index >= 15 is 0 Å². The van der Waals surface area contributed by atoms with Crippen LogP contribution in [0.5, 0.6) is 0 Å². The first kappa shape index (κ1) is 24.9. The smallest absolute Gasteiger partial charge is 0.355 e. The van der Waals surface area contributed by atoms with Crippen molar-refractivity contribution >= 4 is 44.2 Å². The van der Waals surface area contributed by atoms with Gasteiger partial charge in [-0.25, -0.2) is 22.7 Å². The fourth-order valence-corrected chi connectivity index (χ4v) is 5.84. The van der Waals surface area contributed by atoms with Crippen molar-refractivity contribution in [1.82, 2.24) is 9.29 Å². The minimum atomic E-state index is -3.73. The van der Waals surface area contributed by atoms with Crippen LogP contribution in [0.3, 0.4) is 0 Å². The molecule has 2 N–H and O–H groups in total. The summed E-state index contributed by atoms with van der Waals surface area (Å²) in [5.74, 6) is -1.47. The van der Waals surface area contributed by atoms with E-state index < -0.39 is 34.5 Å². The highest BCUT2D eigenvalue weighted by Gasteiger charge is 2.29. The number of carbonyl (C=O) groups is 3. The van der Waals surface area contributed by atoms with E-state index in [4.69, 9.17) is 9.47 Å². The number of aromatic nitrogens is 1. The molecule has 0 aromatic carbocycles. The van der Waals surface area contributed by atoms with Crippen LogP contribution in [-0.4, -0.2) is 51.1 Å². The van der Waals surface area contributed by atoms with E-state index in [1.807, 2.05) is 0 Å². The second-order valence-electron chi connectivity index (χ2n) is 7.78. The Labute approximate surface area is 196 Å². The molecule has 0 fully saturated rings. The van der Waals surface area contributed by atoms with Crippen LogP contribution >= 0.6 is 11.3 Å². The maximum Gasteiger partial charge on any atom is 0.355 e. The van der Waals surface area contributed by atoms with Crippen LogP contribution in [-0.2, 0) is 44.2 Å². The Balaban J connectivity index is 1.71. The molecule has 12 heteroatoms. The van der Waals surface area contributed by atoms with Crippen LogP contribution < -0.4 is 10.0 Å². The number of hydrogen-bond donors (Lipinski definition) is 2. The van der Waals surface area contributed by atoms with E-state index in [9.17, 15) is 22.8 Å². The summed E-state index contributed by atoms with van der Waals surface area (Å²) in [7, 11) is -0.973. The van der Waals surface area contributed by atoms with Crippen molar-refractivity contribution in [2.75, 3.05) is 25.6 Å². The Bertz CT molecular complexity index is 1180. The largest absolute Gasteiger partial charge is 0.462 e. The number of anilines is 1. The molecule has 0 saturated carbocycles. The van der Waals surface area contributed by atoms with Gasteiger partial charge in [-0.15, -0.1) is 11.3 Å². The minimum absolute atomic E-state index is 0.0237. The van der Waals surface area contributed by atoms with Gasteiger partial charge in [0, 0.05) is 18.1 Å². The Kier molecular flexibility index (Phi) is 7.60. The number of carbonyl (C=O) groups excluding carboxylic acids is 3. The molecule has 2 heterocycles. The van der Waals surface area contributed by atoms with Crippen LogP contribution in [0.25, 0.3) is 0 Å². The first-order valence-electron chi connectivity index (χ1n) is 10.5. The Morgan fingerprint density at radius 2 is 1.97 bits per heavy atom. The third kappa shape index (κ3) is 5.45. The second-order valence-corrected chi connectivity index (χ2v) is 10.8. The molecule has 33 heavy (non-hydrogen) atoms. The SMILES string of the molecule is CCOC(=O)c1c(NC(=O)COC(=O)c2cc(S(=O)(=O)NC)cn2C)sc2c1CCC(C)C2. The maximum absolute atomic E-state index is 12.5. The monoisotopic (exact) mass is 497 g/mol. The van der Waals surface area contributed by atoms with Crippen molar-refractivity contribution < 1.29 is 32.3 Å². The topological polar surface area (TPSA) is 133 Å². The van der Waals surface area contributed by atoms with Gasteiger partial charge in [-0.1, -0.05) is 6.92 Å². The molecule has 2 aromatic heterocycles. The predicted molar refractivity (Wildman–Crippen MR) is 122 cm³/mol. The molecule has 1 aliphatic rings. The molecule has 1 aliphatic carbocycles. The van der Waals surface area contributed by atoms with Gasteiger partial charge >= 0.3 is 11.9 Å². The lowest BCUT2D eigenvalue weighted by Crippen LogP contribution is -2.22. The number of aryl methyl sites for hydroxylation is 1. The van der Waals surface area contributed by atoms with Crippen molar-refractivity contribution in [2.24, 2.45) is 13.0 Å². The highest BCUT2D eigenvalue weighted by atomic mass is 32.2. The number of fused-ring (bicyclic) bond motifs is 1. The number of ether oxygens (including phenoxy) is 2. The third-order valence-corrected chi connectivity index (χ3v) is 7.90. The van der Waals surface area contributed by atoms with E-state index in [0.717, 1.165) is 29.7 Å². The number of esters is 2. The number of thiophene rings is 1. The summed E-state index contributed by atoms with van der Waals surface area (Å²) in [6.45, 7) is 3.47. The number of nitrogens with one attached hydrogen (secondary N) is 2. The van der Waals surface area contributed by atoms with Crippen LogP contribution in [0.1, 0.15) is 51.6 Å². The number of rotatable bonds is 8. The van der Waals surface area contributed by atoms with Crippen molar-refractivity contribution in [3.63, 3.8) is 0 Å². The summed E-state index contributed by atoms with van der Waals surface area (Å²) in [6.07, 6.45) is 3.77. The molecular formula is C21H27N3O7S2. The predicted octanol–water partition coefficient (Wildman–Crippen LogP) is 2.09. The molecule has 1 atom stereocenters. The molecule has 0 saturated heterocycles. The highest BCUT2D eigenvalue weighted by molar-refractivity contribution is 7.89. The van der Waals surface area contributed by atoms with Crippen molar-refractivity contribution in [3.8, 4) is 0 Å². The van der Waals surface area contributed by atoms with E-state index in [2.05, 4.69) is 17.0 Å². The lowest BCUT2D eigenvalue weighted by Gasteiger charge is -2.18. The lowest BCUT2D eigenvalue weighted by atomic mass is 9.88. The Morgan fingerprint density at radius 1 is 1.24 bits per heavy atom. The van der Waals surface area contributed by atoms with Gasteiger partial charge in [0.05, 0.1) is 12.2 Å². The van der Waals surface area contributed by atoms with Gasteiger partial charge in [-0.05, 0) is 50.8 Å². The van der Waals surface area contributed by atoms with E-state index in [-0.39, 0.29) is 17.2 Å². The zero-order valence-corrected chi connectivity index (χ0v) is 20.5. The lowest BCUT2D eigenvalue weighted by molar-refractivity contribution is -0.119. The standard InChI is InChI=1S/C21H27N3O7S2/c1-5-30-21(27)18-14-7-6-12(2)8-16(14)32-19(18)23-17(25)11-31-20(26)15-9-13(10-24(15)4)33(28,29)22-3/h9-10,12,22H,5-8,11H2,1-4H3,(H,23,25). The summed E-state index contributed by atoms with van der Waals surface area (Å²) in [5, 5.41) is 3.05. The van der Waals surface area contributed by atoms with Crippen LogP contribution in [0, 0.1) is 5.92 Å². The molecule has 0 bridgehead atoms. The molecule has 10 nitrogen and oxygen atoms in total. The van der Waals surface area contributed by atoms with Gasteiger partial charge in [-0.3, -0.25) is 4.79 Å². The zero-order chi connectivity index (χ0) is 24.3. The molecule has 1 unspecified atom stereocenters. The number of hydrogen-bond acceptors (Lipinski definition) is 8. The van der Waals surface area contributed by atoms with Gasteiger partial charge in [0.2, 0.25) is 10.0 Å². The van der Waals surface area contributed by atoms with E-state index in [0.29, 0.717) is 16.5 Å². The van der Waals surface area contributed by atoms with Crippen molar-refractivity contribution in [3.05, 3.63) is 34.0 Å². The molecule has 2 aromatic rings. The maximum atomic E-state index is 12.5. The minimum Gasteiger partial charge on any atom is -0.462 e. The third-order valence-electron chi connectivity index (χ3n) is 5.35. The van der Waals surface area contributed by atoms with Gasteiger partial charge in [0.15, 0.2) is 6.61 Å². The normalized spacial score (nSPS) is 15.6. The quantitative estimate of drug-likeness (QED) is 0.534. The van der Waals surface area contributed by atoms with E-state index in [1.54, 1.807) is 6.92 Å². The fraction of sp³-hybridized carbons (Fsp3) is 0.476. The average molecular weight is 498 g/mol. The van der Waals surface area contributed by atoms with Crippen LogP contribution in [0.15, 0.2) is 17.2 Å². The highest BCUT2D eigenvalue weighted by Crippen LogP contribution is 2.40. The van der Waals surface area contributed by atoms with Gasteiger partial charge in [-0.2, -0.15) is 0 Å². The van der Waals surface area contributed by atoms with Crippen molar-refractivity contribution in [1.29, 1.82) is 0 Å². The number of nitrogens with zero attached hydrogens (tertiary/aromatic N) is 1. The number of sulfonamides is 1. The molecule has 0 spiro atoms. The summed E-state index contributed by atoms with van der Waals surface area (Å²) in [4.78, 5) is 38.4. The van der Waals surface area contributed by atoms with Crippen LogP contribution in [0.2, 0.25) is 0 Å². The summed E-state index contributed by atoms with van der Waals surface area (Å²) in [6, 6.07) is 1.17. The molecular weight excluding hydrogens is 470 g/mol. The molecule has 1 amide bonds. The number of amides is 1. The van der Waals surface area contributed by atoms with Gasteiger partial charge in [0.1, 0.15) is 15.6 Å². The summed E-state index contributed by atoms with van der Waals surface area (Å²) >= 11 is 1.34. The summed E-state index contributed by atoms with van der Waals surface area (Å²) < 4.78 is 37.6. The summed E-state index contributed by atoms with van der Waals surface area (Å²) in [5.41, 5.74) is 1.25. The Hall–Kier alpha value is -2.70. The first-order chi connectivity index (χ1) is 15.6. The molecule has 0 radical (unpaired) electrons.